The van der Waals surface area contributed by atoms with Gasteiger partial charge in [0.1, 0.15) is 0 Å². The van der Waals surface area contributed by atoms with E-state index in [1.54, 1.807) is 11.3 Å². The number of benzene rings is 1. The van der Waals surface area contributed by atoms with Crippen molar-refractivity contribution < 1.29 is 4.79 Å². The molecular formula is C20H25N5OS2. The van der Waals surface area contributed by atoms with Crippen molar-refractivity contribution >= 4 is 29.5 Å². The van der Waals surface area contributed by atoms with Crippen molar-refractivity contribution in [1.82, 2.24) is 25.0 Å². The SMILES string of the molecule is Cc1ccc(-c2n[nH]c(=S)n2CCC(=O)NCC(c2cccs2)N(C)C)cc1. The number of nitrogens with zero attached hydrogens (tertiary/aromatic N) is 3. The zero-order valence-electron chi connectivity index (χ0n) is 16.3. The van der Waals surface area contributed by atoms with E-state index in [0.29, 0.717) is 24.3 Å². The number of carbonyl (C=O) groups is 1. The van der Waals surface area contributed by atoms with Gasteiger partial charge >= 0.3 is 0 Å². The van der Waals surface area contributed by atoms with Gasteiger partial charge in [0.25, 0.3) is 0 Å². The van der Waals surface area contributed by atoms with Crippen LogP contribution in [0.1, 0.15) is 22.9 Å². The Morgan fingerprint density at radius 1 is 1.32 bits per heavy atom. The third kappa shape index (κ3) is 4.95. The first kappa shape index (κ1) is 20.4. The van der Waals surface area contributed by atoms with Crippen molar-refractivity contribution in [1.29, 1.82) is 0 Å². The van der Waals surface area contributed by atoms with Crippen LogP contribution in [0.15, 0.2) is 41.8 Å². The van der Waals surface area contributed by atoms with Crippen LogP contribution >= 0.6 is 23.6 Å². The molecule has 8 heteroatoms. The largest absolute Gasteiger partial charge is 0.354 e. The minimum Gasteiger partial charge on any atom is -0.354 e. The van der Waals surface area contributed by atoms with Crippen molar-refractivity contribution in [2.75, 3.05) is 20.6 Å². The molecule has 1 unspecified atom stereocenters. The molecule has 148 valence electrons. The van der Waals surface area contributed by atoms with E-state index >= 15 is 0 Å². The summed E-state index contributed by atoms with van der Waals surface area (Å²) in [6, 6.07) is 12.4. The van der Waals surface area contributed by atoms with E-state index in [-0.39, 0.29) is 11.9 Å². The van der Waals surface area contributed by atoms with Gasteiger partial charge in [-0.1, -0.05) is 35.9 Å². The number of amides is 1. The number of hydrogen-bond donors (Lipinski definition) is 2. The Labute approximate surface area is 174 Å². The van der Waals surface area contributed by atoms with Crippen LogP contribution in [0.3, 0.4) is 0 Å². The molecule has 0 aliphatic heterocycles. The molecule has 2 heterocycles. The van der Waals surface area contributed by atoms with Crippen LogP contribution in [0.25, 0.3) is 11.4 Å². The van der Waals surface area contributed by atoms with Crippen molar-refractivity contribution in [2.24, 2.45) is 0 Å². The van der Waals surface area contributed by atoms with Crippen molar-refractivity contribution in [3.8, 4) is 11.4 Å². The Morgan fingerprint density at radius 3 is 2.71 bits per heavy atom. The van der Waals surface area contributed by atoms with Gasteiger partial charge in [0.05, 0.1) is 6.04 Å². The molecule has 0 radical (unpaired) electrons. The molecule has 3 aromatic rings. The summed E-state index contributed by atoms with van der Waals surface area (Å²) in [5, 5.41) is 12.3. The fourth-order valence-electron chi connectivity index (χ4n) is 2.98. The van der Waals surface area contributed by atoms with E-state index in [1.165, 1.54) is 10.4 Å². The highest BCUT2D eigenvalue weighted by atomic mass is 32.1. The lowest BCUT2D eigenvalue weighted by Crippen LogP contribution is -2.34. The van der Waals surface area contributed by atoms with Crippen molar-refractivity contribution in [3.05, 3.63) is 57.0 Å². The fraction of sp³-hybridized carbons (Fsp3) is 0.350. The summed E-state index contributed by atoms with van der Waals surface area (Å²) < 4.78 is 2.40. The van der Waals surface area contributed by atoms with E-state index in [2.05, 4.69) is 31.9 Å². The maximum Gasteiger partial charge on any atom is 0.221 e. The lowest BCUT2D eigenvalue weighted by Gasteiger charge is -2.23. The van der Waals surface area contributed by atoms with Gasteiger partial charge in [-0.3, -0.25) is 14.5 Å². The summed E-state index contributed by atoms with van der Waals surface area (Å²) in [6.45, 7) is 3.10. The third-order valence-electron chi connectivity index (χ3n) is 4.62. The molecule has 6 nitrogen and oxygen atoms in total. The summed E-state index contributed by atoms with van der Waals surface area (Å²) in [4.78, 5) is 15.8. The van der Waals surface area contributed by atoms with Gasteiger partial charge in [0, 0.05) is 30.0 Å². The standard InChI is InChI=1S/C20H25N5OS2/c1-14-6-8-15(9-7-14)19-22-23-20(27)25(19)11-10-18(26)21-13-16(24(2)3)17-5-4-12-28-17/h4-9,12,16H,10-11,13H2,1-3H3,(H,21,26)(H,23,27). The number of nitrogens with one attached hydrogen (secondary N) is 2. The van der Waals surface area contributed by atoms with Crippen LogP contribution in [0.4, 0.5) is 0 Å². The van der Waals surface area contributed by atoms with E-state index in [9.17, 15) is 4.79 Å². The number of hydrogen-bond acceptors (Lipinski definition) is 5. The summed E-state index contributed by atoms with van der Waals surface area (Å²) >= 11 is 7.05. The molecular weight excluding hydrogens is 390 g/mol. The van der Waals surface area contributed by atoms with Gasteiger partial charge in [-0.25, -0.2) is 0 Å². The first-order chi connectivity index (χ1) is 13.5. The molecule has 2 aromatic heterocycles. The molecule has 28 heavy (non-hydrogen) atoms. The number of aryl methyl sites for hydroxylation is 1. The summed E-state index contributed by atoms with van der Waals surface area (Å²) in [7, 11) is 4.05. The second kappa shape index (κ2) is 9.27. The Kier molecular flexibility index (Phi) is 6.77. The molecule has 0 bridgehead atoms. The molecule has 1 amide bonds. The molecule has 0 aliphatic rings. The summed E-state index contributed by atoms with van der Waals surface area (Å²) in [5.41, 5.74) is 2.16. The van der Waals surface area contributed by atoms with Crippen LogP contribution in [0.2, 0.25) is 0 Å². The number of likely N-dealkylation sites (N-methyl/N-ethyl adjacent to an activating group) is 1. The van der Waals surface area contributed by atoms with Gasteiger partial charge in [0.2, 0.25) is 5.91 Å². The monoisotopic (exact) mass is 415 g/mol. The molecule has 2 N–H and O–H groups in total. The van der Waals surface area contributed by atoms with E-state index in [1.807, 2.05) is 55.9 Å². The van der Waals surface area contributed by atoms with Crippen LogP contribution in [-0.4, -0.2) is 46.2 Å². The molecule has 0 saturated carbocycles. The third-order valence-corrected chi connectivity index (χ3v) is 5.90. The number of aromatic amines is 1. The number of H-pyrrole nitrogens is 1. The van der Waals surface area contributed by atoms with Gasteiger partial charge in [-0.05, 0) is 44.7 Å². The number of thiophene rings is 1. The Morgan fingerprint density at radius 2 is 2.07 bits per heavy atom. The fourth-order valence-corrected chi connectivity index (χ4v) is 4.12. The predicted octanol–water partition coefficient (Wildman–Crippen LogP) is 3.79. The van der Waals surface area contributed by atoms with E-state index < -0.39 is 0 Å². The van der Waals surface area contributed by atoms with Gasteiger partial charge < -0.3 is 10.2 Å². The zero-order chi connectivity index (χ0) is 20.1. The molecule has 1 atom stereocenters. The molecule has 0 aliphatic carbocycles. The lowest BCUT2D eigenvalue weighted by molar-refractivity contribution is -0.121. The predicted molar refractivity (Wildman–Crippen MR) is 116 cm³/mol. The van der Waals surface area contributed by atoms with Crippen molar-refractivity contribution in [2.45, 2.75) is 25.9 Å². The molecule has 0 spiro atoms. The second-order valence-electron chi connectivity index (χ2n) is 6.92. The average Bonchev–Trinajstić information content (AvgIpc) is 3.31. The highest BCUT2D eigenvalue weighted by Gasteiger charge is 2.16. The first-order valence-electron chi connectivity index (χ1n) is 9.14. The quantitative estimate of drug-likeness (QED) is 0.550. The highest BCUT2D eigenvalue weighted by molar-refractivity contribution is 7.71. The minimum absolute atomic E-state index is 0.00126. The van der Waals surface area contributed by atoms with Crippen molar-refractivity contribution in [3.63, 3.8) is 0 Å². The lowest BCUT2D eigenvalue weighted by atomic mass is 10.1. The van der Waals surface area contributed by atoms with E-state index in [0.717, 1.165) is 11.4 Å². The van der Waals surface area contributed by atoms with Crippen LogP contribution < -0.4 is 5.32 Å². The molecule has 0 saturated heterocycles. The molecule has 3 rings (SSSR count). The maximum absolute atomic E-state index is 12.4. The van der Waals surface area contributed by atoms with Gasteiger partial charge in [-0.15, -0.1) is 11.3 Å². The summed E-state index contributed by atoms with van der Waals surface area (Å²) in [5.74, 6) is 0.754. The topological polar surface area (TPSA) is 66.0 Å². The number of carbonyl (C=O) groups excluding carboxylic acids is 1. The number of rotatable bonds is 8. The Balaban J connectivity index is 1.61. The van der Waals surface area contributed by atoms with Crippen LogP contribution in [0, 0.1) is 11.7 Å². The first-order valence-corrected chi connectivity index (χ1v) is 10.4. The minimum atomic E-state index is 0.00126. The molecule has 1 aromatic carbocycles. The van der Waals surface area contributed by atoms with E-state index in [4.69, 9.17) is 12.2 Å². The smallest absolute Gasteiger partial charge is 0.221 e. The zero-order valence-corrected chi connectivity index (χ0v) is 17.9. The molecule has 0 fully saturated rings. The van der Waals surface area contributed by atoms with Crippen LogP contribution in [-0.2, 0) is 11.3 Å². The normalized spacial score (nSPS) is 12.3. The maximum atomic E-state index is 12.4. The highest BCUT2D eigenvalue weighted by Crippen LogP contribution is 2.22. The second-order valence-corrected chi connectivity index (χ2v) is 8.28. The van der Waals surface area contributed by atoms with Crippen LogP contribution in [0.5, 0.6) is 0 Å². The summed E-state index contributed by atoms with van der Waals surface area (Å²) in [6.07, 6.45) is 0.345. The van der Waals surface area contributed by atoms with Gasteiger partial charge in [-0.2, -0.15) is 5.10 Å². The Hall–Kier alpha value is -2.29. The average molecular weight is 416 g/mol. The Bertz CT molecular complexity index is 957. The number of aromatic nitrogens is 3. The van der Waals surface area contributed by atoms with Gasteiger partial charge in [0.15, 0.2) is 10.6 Å².